The predicted octanol–water partition coefficient (Wildman–Crippen LogP) is 2.14. The van der Waals surface area contributed by atoms with Crippen LogP contribution in [0.5, 0.6) is 0 Å². The number of nitrogens with zero attached hydrogens (tertiary/aromatic N) is 2. The third-order valence-electron chi connectivity index (χ3n) is 5.60. The zero-order valence-corrected chi connectivity index (χ0v) is 17.0. The number of hydrogen-bond donors (Lipinski definition) is 1. The predicted molar refractivity (Wildman–Crippen MR) is 108 cm³/mol. The number of sulfonamides is 1. The van der Waals surface area contributed by atoms with Crippen molar-refractivity contribution in [2.24, 2.45) is 5.92 Å². The first-order valence-electron chi connectivity index (χ1n) is 10.0. The third kappa shape index (κ3) is 5.45. The summed E-state index contributed by atoms with van der Waals surface area (Å²) >= 11 is 0. The normalized spacial score (nSPS) is 19.4. The zero-order chi connectivity index (χ0) is 19.3. The number of piperazine rings is 1. The highest BCUT2D eigenvalue weighted by Gasteiger charge is 2.27. The van der Waals surface area contributed by atoms with E-state index in [1.54, 1.807) is 4.31 Å². The highest BCUT2D eigenvalue weighted by Crippen LogP contribution is 2.24. The van der Waals surface area contributed by atoms with E-state index in [1.165, 1.54) is 5.56 Å². The number of anilines is 1. The van der Waals surface area contributed by atoms with E-state index >= 15 is 0 Å². The van der Waals surface area contributed by atoms with E-state index in [2.05, 4.69) is 35.3 Å². The van der Waals surface area contributed by atoms with Crippen LogP contribution in [0.4, 0.5) is 5.69 Å². The molecule has 0 atom stereocenters. The van der Waals surface area contributed by atoms with E-state index in [9.17, 15) is 13.2 Å². The molecule has 27 heavy (non-hydrogen) atoms. The van der Waals surface area contributed by atoms with Crippen LogP contribution in [0.1, 0.15) is 37.7 Å². The van der Waals surface area contributed by atoms with Gasteiger partial charge in [-0.1, -0.05) is 25.0 Å². The number of carbonyl (C=O) groups excluding carboxylic acids is 1. The molecule has 0 radical (unpaired) electrons. The molecule has 1 saturated heterocycles. The molecule has 0 aromatic heterocycles. The Balaban J connectivity index is 1.41. The van der Waals surface area contributed by atoms with Crippen molar-refractivity contribution in [2.75, 3.05) is 43.4 Å². The van der Waals surface area contributed by atoms with E-state index in [-0.39, 0.29) is 17.6 Å². The van der Waals surface area contributed by atoms with Gasteiger partial charge in [0.1, 0.15) is 0 Å². The Morgan fingerprint density at radius 1 is 1.15 bits per heavy atom. The summed E-state index contributed by atoms with van der Waals surface area (Å²) in [7, 11) is -3.26. The lowest BCUT2D eigenvalue weighted by molar-refractivity contribution is -0.124. The molecule has 3 rings (SSSR count). The molecule has 2 aliphatic rings. The topological polar surface area (TPSA) is 69.7 Å². The van der Waals surface area contributed by atoms with Gasteiger partial charge in [0, 0.05) is 44.3 Å². The molecule has 1 N–H and O–H groups in total. The van der Waals surface area contributed by atoms with Crippen LogP contribution in [0, 0.1) is 12.8 Å². The average Bonchev–Trinajstić information content (AvgIpc) is 3.20. The largest absolute Gasteiger partial charge is 0.369 e. The summed E-state index contributed by atoms with van der Waals surface area (Å²) in [6, 6.07) is 8.31. The molecule has 1 aromatic rings. The Kier molecular flexibility index (Phi) is 6.76. The molecular weight excluding hydrogens is 362 g/mol. The molecule has 1 aromatic carbocycles. The van der Waals surface area contributed by atoms with E-state index in [1.807, 2.05) is 6.07 Å². The SMILES string of the molecule is Cc1cccc(N2CCN(S(=O)(=O)CCCNC(=O)C3CCCC3)CC2)c1. The lowest BCUT2D eigenvalue weighted by Crippen LogP contribution is -2.49. The minimum atomic E-state index is -3.26. The summed E-state index contributed by atoms with van der Waals surface area (Å²) in [6.45, 7) is 4.96. The van der Waals surface area contributed by atoms with Crippen LogP contribution in [0.15, 0.2) is 24.3 Å². The number of hydrogen-bond acceptors (Lipinski definition) is 4. The molecule has 1 heterocycles. The number of rotatable bonds is 7. The second-order valence-electron chi connectivity index (χ2n) is 7.67. The number of nitrogens with one attached hydrogen (secondary N) is 1. The van der Waals surface area contributed by atoms with Crippen molar-refractivity contribution in [1.82, 2.24) is 9.62 Å². The van der Waals surface area contributed by atoms with Gasteiger partial charge in [0.2, 0.25) is 15.9 Å². The van der Waals surface area contributed by atoms with Gasteiger partial charge < -0.3 is 10.2 Å². The maximum atomic E-state index is 12.6. The molecule has 2 fully saturated rings. The lowest BCUT2D eigenvalue weighted by Gasteiger charge is -2.35. The monoisotopic (exact) mass is 393 g/mol. The van der Waals surface area contributed by atoms with E-state index < -0.39 is 10.0 Å². The first-order valence-corrected chi connectivity index (χ1v) is 11.6. The summed E-state index contributed by atoms with van der Waals surface area (Å²) in [5, 5.41) is 2.90. The fourth-order valence-corrected chi connectivity index (χ4v) is 5.46. The Bertz CT molecular complexity index is 737. The Morgan fingerprint density at radius 3 is 2.52 bits per heavy atom. The Labute approximate surface area is 163 Å². The summed E-state index contributed by atoms with van der Waals surface area (Å²) in [5.74, 6) is 0.329. The average molecular weight is 394 g/mol. The van der Waals surface area contributed by atoms with E-state index in [0.29, 0.717) is 39.1 Å². The summed E-state index contributed by atoms with van der Waals surface area (Å²) in [4.78, 5) is 14.2. The molecule has 7 heteroatoms. The third-order valence-corrected chi connectivity index (χ3v) is 7.56. The number of benzene rings is 1. The summed E-state index contributed by atoms with van der Waals surface area (Å²) < 4.78 is 26.8. The van der Waals surface area contributed by atoms with E-state index in [4.69, 9.17) is 0 Å². The van der Waals surface area contributed by atoms with Gasteiger partial charge in [0.15, 0.2) is 0 Å². The minimum absolute atomic E-state index is 0.0941. The summed E-state index contributed by atoms with van der Waals surface area (Å²) in [5.41, 5.74) is 2.36. The molecule has 1 aliphatic carbocycles. The molecule has 1 amide bonds. The van der Waals surface area contributed by atoms with Crippen LogP contribution in [0.25, 0.3) is 0 Å². The number of carbonyl (C=O) groups is 1. The van der Waals surface area contributed by atoms with Gasteiger partial charge in [-0.25, -0.2) is 8.42 Å². The van der Waals surface area contributed by atoms with Gasteiger partial charge in [-0.05, 0) is 43.9 Å². The van der Waals surface area contributed by atoms with Crippen LogP contribution >= 0.6 is 0 Å². The van der Waals surface area contributed by atoms with Crippen molar-refractivity contribution in [3.8, 4) is 0 Å². The smallest absolute Gasteiger partial charge is 0.223 e. The van der Waals surface area contributed by atoms with Crippen LogP contribution in [0.2, 0.25) is 0 Å². The quantitative estimate of drug-likeness (QED) is 0.721. The van der Waals surface area contributed by atoms with Crippen LogP contribution in [-0.4, -0.2) is 57.1 Å². The van der Waals surface area contributed by atoms with Gasteiger partial charge in [-0.15, -0.1) is 0 Å². The fraction of sp³-hybridized carbons (Fsp3) is 0.650. The minimum Gasteiger partial charge on any atom is -0.369 e. The zero-order valence-electron chi connectivity index (χ0n) is 16.2. The van der Waals surface area contributed by atoms with Crippen molar-refractivity contribution in [2.45, 2.75) is 39.0 Å². The summed E-state index contributed by atoms with van der Waals surface area (Å²) in [6.07, 6.45) is 4.66. The van der Waals surface area contributed by atoms with Crippen LogP contribution in [0.3, 0.4) is 0 Å². The lowest BCUT2D eigenvalue weighted by atomic mass is 10.1. The van der Waals surface area contributed by atoms with Gasteiger partial charge in [-0.2, -0.15) is 4.31 Å². The molecule has 0 bridgehead atoms. The van der Waals surface area contributed by atoms with Gasteiger partial charge in [0.25, 0.3) is 0 Å². The van der Waals surface area contributed by atoms with Gasteiger partial charge >= 0.3 is 0 Å². The van der Waals surface area contributed by atoms with Crippen LogP contribution < -0.4 is 10.2 Å². The Morgan fingerprint density at radius 2 is 1.85 bits per heavy atom. The molecule has 1 aliphatic heterocycles. The molecule has 0 unspecified atom stereocenters. The molecule has 0 spiro atoms. The van der Waals surface area contributed by atoms with Crippen molar-refractivity contribution in [3.63, 3.8) is 0 Å². The fourth-order valence-electron chi connectivity index (χ4n) is 3.98. The van der Waals surface area contributed by atoms with Crippen LogP contribution in [-0.2, 0) is 14.8 Å². The second-order valence-corrected chi connectivity index (χ2v) is 9.76. The standard InChI is InChI=1S/C20H31N3O3S/c1-17-6-4-9-19(16-17)22-11-13-23(14-12-22)27(25,26)15-5-10-21-20(24)18-7-2-3-8-18/h4,6,9,16,18H,2-3,5,7-8,10-15H2,1H3,(H,21,24). The Hall–Kier alpha value is -1.60. The van der Waals surface area contributed by atoms with Crippen molar-refractivity contribution < 1.29 is 13.2 Å². The first-order chi connectivity index (χ1) is 13.0. The van der Waals surface area contributed by atoms with Gasteiger partial charge in [-0.3, -0.25) is 4.79 Å². The molecule has 150 valence electrons. The van der Waals surface area contributed by atoms with Gasteiger partial charge in [0.05, 0.1) is 5.75 Å². The van der Waals surface area contributed by atoms with Crippen molar-refractivity contribution in [1.29, 1.82) is 0 Å². The molecule has 6 nitrogen and oxygen atoms in total. The molecule has 1 saturated carbocycles. The second kappa shape index (κ2) is 9.06. The number of aryl methyl sites for hydroxylation is 1. The first kappa shape index (κ1) is 20.1. The highest BCUT2D eigenvalue weighted by atomic mass is 32.2. The maximum absolute atomic E-state index is 12.6. The highest BCUT2D eigenvalue weighted by molar-refractivity contribution is 7.89. The van der Waals surface area contributed by atoms with E-state index in [0.717, 1.165) is 31.4 Å². The number of amides is 1. The maximum Gasteiger partial charge on any atom is 0.223 e. The van der Waals surface area contributed by atoms with Crippen molar-refractivity contribution in [3.05, 3.63) is 29.8 Å². The molecular formula is C20H31N3O3S. The van der Waals surface area contributed by atoms with Crippen molar-refractivity contribution >= 4 is 21.6 Å².